The summed E-state index contributed by atoms with van der Waals surface area (Å²) in [5.74, 6) is 0.125. The summed E-state index contributed by atoms with van der Waals surface area (Å²) in [6.45, 7) is 6.18. The van der Waals surface area contributed by atoms with E-state index in [1.807, 2.05) is 19.2 Å². The molecule has 0 unspecified atom stereocenters. The zero-order chi connectivity index (χ0) is 17.8. The van der Waals surface area contributed by atoms with E-state index in [0.29, 0.717) is 5.13 Å². The maximum atomic E-state index is 12.2. The molecule has 5 heteroatoms. The summed E-state index contributed by atoms with van der Waals surface area (Å²) in [4.78, 5) is 19.1. The molecule has 3 nitrogen and oxygen atoms in total. The molecule has 1 aromatic carbocycles. The molecule has 1 N–H and O–H groups in total. The third-order valence-corrected chi connectivity index (χ3v) is 6.20. The van der Waals surface area contributed by atoms with E-state index in [1.165, 1.54) is 27.3 Å². The van der Waals surface area contributed by atoms with Gasteiger partial charge in [-0.1, -0.05) is 43.7 Å². The fourth-order valence-corrected chi connectivity index (χ4v) is 4.42. The third kappa shape index (κ3) is 4.17. The fourth-order valence-electron chi connectivity index (χ4n) is 2.66. The van der Waals surface area contributed by atoms with Crippen molar-refractivity contribution in [3.63, 3.8) is 0 Å². The number of hydrogen-bond acceptors (Lipinski definition) is 4. The van der Waals surface area contributed by atoms with Gasteiger partial charge in [0.05, 0.1) is 10.6 Å². The first-order valence-corrected chi connectivity index (χ1v) is 10.2. The smallest absolute Gasteiger partial charge is 0.229 e. The Labute approximate surface area is 156 Å². The highest BCUT2D eigenvalue weighted by atomic mass is 32.1. The summed E-state index contributed by atoms with van der Waals surface area (Å²) in [5, 5.41) is 5.64. The lowest BCUT2D eigenvalue weighted by atomic mass is 10.0. The van der Waals surface area contributed by atoms with Crippen molar-refractivity contribution in [3.05, 3.63) is 47.3 Å². The number of aryl methyl sites for hydroxylation is 1. The van der Waals surface area contributed by atoms with Gasteiger partial charge in [-0.15, -0.1) is 22.7 Å². The molecular formula is C20H22N2OS2. The number of carbonyl (C=O) groups excluding carboxylic acids is 1. The van der Waals surface area contributed by atoms with E-state index < -0.39 is 0 Å². The summed E-state index contributed by atoms with van der Waals surface area (Å²) in [5.41, 5.74) is 3.41. The lowest BCUT2D eigenvalue weighted by molar-refractivity contribution is -0.120. The van der Waals surface area contributed by atoms with Crippen LogP contribution in [-0.4, -0.2) is 10.9 Å². The normalized spacial score (nSPS) is 11.0. The minimum absolute atomic E-state index is 0.0576. The third-order valence-electron chi connectivity index (χ3n) is 4.29. The van der Waals surface area contributed by atoms with Crippen LogP contribution in [0, 0.1) is 12.8 Å². The molecule has 0 fully saturated rings. The molecule has 25 heavy (non-hydrogen) atoms. The lowest BCUT2D eigenvalue weighted by Gasteiger charge is -2.10. The van der Waals surface area contributed by atoms with Crippen LogP contribution in [0.3, 0.4) is 0 Å². The molecule has 0 aliphatic carbocycles. The minimum Gasteiger partial charge on any atom is -0.302 e. The first-order chi connectivity index (χ1) is 12.1. The predicted molar refractivity (Wildman–Crippen MR) is 108 cm³/mol. The Morgan fingerprint density at radius 1 is 1.08 bits per heavy atom. The van der Waals surface area contributed by atoms with Crippen molar-refractivity contribution in [2.24, 2.45) is 5.92 Å². The van der Waals surface area contributed by atoms with Crippen molar-refractivity contribution in [2.45, 2.75) is 33.6 Å². The maximum Gasteiger partial charge on any atom is 0.229 e. The van der Waals surface area contributed by atoms with Gasteiger partial charge in [0.2, 0.25) is 5.91 Å². The topological polar surface area (TPSA) is 42.0 Å². The second kappa shape index (κ2) is 7.93. The Balaban J connectivity index is 1.74. The summed E-state index contributed by atoms with van der Waals surface area (Å²) in [7, 11) is 0. The van der Waals surface area contributed by atoms with Crippen LogP contribution in [-0.2, 0) is 4.79 Å². The zero-order valence-corrected chi connectivity index (χ0v) is 16.3. The monoisotopic (exact) mass is 370 g/mol. The van der Waals surface area contributed by atoms with Crippen LogP contribution in [0.15, 0.2) is 41.8 Å². The highest BCUT2D eigenvalue weighted by Crippen LogP contribution is 2.35. The number of thiazole rings is 1. The van der Waals surface area contributed by atoms with Crippen molar-refractivity contribution in [1.82, 2.24) is 4.98 Å². The highest BCUT2D eigenvalue weighted by molar-refractivity contribution is 7.19. The number of thiophene rings is 1. The molecule has 0 saturated heterocycles. The van der Waals surface area contributed by atoms with Crippen molar-refractivity contribution in [3.8, 4) is 21.0 Å². The zero-order valence-electron chi connectivity index (χ0n) is 14.7. The van der Waals surface area contributed by atoms with E-state index in [0.717, 1.165) is 23.4 Å². The molecule has 0 bridgehead atoms. The van der Waals surface area contributed by atoms with Gasteiger partial charge in [-0.2, -0.15) is 0 Å². The first kappa shape index (κ1) is 17.8. The Morgan fingerprint density at radius 2 is 1.76 bits per heavy atom. The second-order valence-corrected chi connectivity index (χ2v) is 8.01. The van der Waals surface area contributed by atoms with Gasteiger partial charge in [0.15, 0.2) is 5.13 Å². The van der Waals surface area contributed by atoms with Crippen LogP contribution in [0.5, 0.6) is 0 Å². The number of benzene rings is 1. The fraction of sp³-hybridized carbons (Fsp3) is 0.300. The number of nitrogens with zero attached hydrogens (tertiary/aromatic N) is 1. The van der Waals surface area contributed by atoms with Gasteiger partial charge in [0.1, 0.15) is 0 Å². The molecular weight excluding hydrogens is 348 g/mol. The van der Waals surface area contributed by atoms with Gasteiger partial charge >= 0.3 is 0 Å². The molecule has 3 aromatic rings. The summed E-state index contributed by atoms with van der Waals surface area (Å²) >= 11 is 3.21. The number of hydrogen-bond donors (Lipinski definition) is 1. The molecule has 0 spiro atoms. The number of rotatable bonds is 6. The SMILES string of the molecule is CCC(CC)C(=O)Nc1nc(-c2ccc(-c3ccc(C)cc3)s2)cs1. The van der Waals surface area contributed by atoms with Gasteiger partial charge in [0, 0.05) is 16.2 Å². The average molecular weight is 371 g/mol. The number of nitrogens with one attached hydrogen (secondary N) is 1. The number of carbonyl (C=O) groups is 1. The largest absolute Gasteiger partial charge is 0.302 e. The Morgan fingerprint density at radius 3 is 2.44 bits per heavy atom. The standard InChI is InChI=1S/C20H22N2OS2/c1-4-14(5-2)19(23)22-20-21-16(12-24-20)18-11-10-17(25-18)15-8-6-13(3)7-9-15/h6-12,14H,4-5H2,1-3H3,(H,21,22,23). The van der Waals surface area contributed by atoms with Crippen LogP contribution in [0.4, 0.5) is 5.13 Å². The number of amides is 1. The number of aromatic nitrogens is 1. The van der Waals surface area contributed by atoms with Gasteiger partial charge in [0.25, 0.3) is 0 Å². The van der Waals surface area contributed by atoms with Crippen molar-refractivity contribution < 1.29 is 4.79 Å². The van der Waals surface area contributed by atoms with Crippen LogP contribution in [0.25, 0.3) is 21.0 Å². The van der Waals surface area contributed by atoms with E-state index in [4.69, 9.17) is 0 Å². The van der Waals surface area contributed by atoms with Gasteiger partial charge in [-0.05, 0) is 37.5 Å². The van der Waals surface area contributed by atoms with Gasteiger partial charge in [-0.25, -0.2) is 4.98 Å². The average Bonchev–Trinajstić information content (AvgIpc) is 3.26. The van der Waals surface area contributed by atoms with E-state index in [-0.39, 0.29) is 11.8 Å². The van der Waals surface area contributed by atoms with E-state index >= 15 is 0 Å². The summed E-state index contributed by atoms with van der Waals surface area (Å²) < 4.78 is 0. The van der Waals surface area contributed by atoms with E-state index in [2.05, 4.69) is 53.6 Å². The maximum absolute atomic E-state index is 12.2. The molecule has 0 atom stereocenters. The molecule has 3 rings (SSSR count). The van der Waals surface area contributed by atoms with Crippen molar-refractivity contribution in [1.29, 1.82) is 0 Å². The lowest BCUT2D eigenvalue weighted by Crippen LogP contribution is -2.21. The quantitative estimate of drug-likeness (QED) is 0.559. The van der Waals surface area contributed by atoms with E-state index in [9.17, 15) is 4.79 Å². The summed E-state index contributed by atoms with van der Waals surface area (Å²) in [6, 6.07) is 12.8. The molecule has 130 valence electrons. The van der Waals surface area contributed by atoms with Crippen LogP contribution >= 0.6 is 22.7 Å². The first-order valence-electron chi connectivity index (χ1n) is 8.54. The van der Waals surface area contributed by atoms with Crippen LogP contribution in [0.2, 0.25) is 0 Å². The predicted octanol–water partition coefficient (Wildman–Crippen LogP) is 6.22. The van der Waals surface area contributed by atoms with Crippen LogP contribution < -0.4 is 5.32 Å². The Kier molecular flexibility index (Phi) is 5.66. The molecule has 0 radical (unpaired) electrons. The Bertz CT molecular complexity index is 845. The van der Waals surface area contributed by atoms with E-state index in [1.54, 1.807) is 11.3 Å². The summed E-state index contributed by atoms with van der Waals surface area (Å²) in [6.07, 6.45) is 1.71. The number of anilines is 1. The molecule has 2 heterocycles. The Hall–Kier alpha value is -1.98. The molecule has 1 amide bonds. The molecule has 0 saturated carbocycles. The van der Waals surface area contributed by atoms with Crippen molar-refractivity contribution in [2.75, 3.05) is 5.32 Å². The van der Waals surface area contributed by atoms with Crippen molar-refractivity contribution >= 4 is 33.7 Å². The second-order valence-electron chi connectivity index (χ2n) is 6.07. The molecule has 0 aliphatic rings. The van der Waals surface area contributed by atoms with Gasteiger partial charge < -0.3 is 5.32 Å². The molecule has 0 aliphatic heterocycles. The minimum atomic E-state index is 0.0576. The van der Waals surface area contributed by atoms with Gasteiger partial charge in [-0.3, -0.25) is 4.79 Å². The highest BCUT2D eigenvalue weighted by Gasteiger charge is 2.16. The van der Waals surface area contributed by atoms with Crippen LogP contribution in [0.1, 0.15) is 32.3 Å². The molecule has 2 aromatic heterocycles.